The Labute approximate surface area is 64.5 Å². The Morgan fingerprint density at radius 1 is 1.40 bits per heavy atom. The van der Waals surface area contributed by atoms with Gasteiger partial charge in [0.2, 0.25) is 0 Å². The number of carbonyl (C=O) groups excluding carboxylic acids is 1. The van der Waals surface area contributed by atoms with Gasteiger partial charge in [-0.3, -0.25) is 5.73 Å². The summed E-state index contributed by atoms with van der Waals surface area (Å²) < 4.78 is 0. The van der Waals surface area contributed by atoms with Crippen molar-refractivity contribution in [3.05, 3.63) is 29.8 Å². The molecule has 0 saturated carbocycles. The molecule has 0 fully saturated rings. The van der Waals surface area contributed by atoms with Gasteiger partial charge in [-0.15, -0.1) is 12.6 Å². The number of amides is 1. The van der Waals surface area contributed by atoms with Crippen LogP contribution < -0.4 is 5.73 Å². The Morgan fingerprint density at radius 3 is 2.40 bits per heavy atom. The van der Waals surface area contributed by atoms with E-state index in [1.807, 2.05) is 6.07 Å². The molecule has 0 atom stereocenters. The number of thiol groups is 1. The van der Waals surface area contributed by atoms with Crippen LogP contribution in [0.15, 0.2) is 29.2 Å². The molecular weight excluding hydrogens is 146 g/mol. The molecule has 1 aromatic rings. The molecule has 2 nitrogen and oxygen atoms in total. The lowest BCUT2D eigenvalue weighted by atomic mass is 10.2. The first kappa shape index (κ1) is 7.31. The second-order valence-corrected chi connectivity index (χ2v) is 2.42. The van der Waals surface area contributed by atoms with Gasteiger partial charge >= 0.3 is 5.91 Å². The van der Waals surface area contributed by atoms with Crippen LogP contribution >= 0.6 is 12.6 Å². The third-order valence-electron chi connectivity index (χ3n) is 1.20. The molecule has 0 aromatic heterocycles. The van der Waals surface area contributed by atoms with Gasteiger partial charge in [0.05, 0.1) is 5.56 Å². The van der Waals surface area contributed by atoms with E-state index in [2.05, 4.69) is 18.4 Å². The van der Waals surface area contributed by atoms with E-state index in [4.69, 9.17) is 0 Å². The topological polar surface area (TPSA) is 44.7 Å². The molecule has 10 heavy (non-hydrogen) atoms. The molecule has 0 bridgehead atoms. The van der Waals surface area contributed by atoms with Crippen LogP contribution in [0.1, 0.15) is 10.4 Å². The van der Waals surface area contributed by atoms with Crippen LogP contribution in [0.2, 0.25) is 0 Å². The summed E-state index contributed by atoms with van der Waals surface area (Å²) in [5.74, 6) is -0.189. The molecule has 0 spiro atoms. The molecule has 1 aromatic carbocycles. The van der Waals surface area contributed by atoms with E-state index in [9.17, 15) is 4.79 Å². The van der Waals surface area contributed by atoms with Crippen molar-refractivity contribution >= 4 is 18.5 Å². The molecule has 52 valence electrons. The smallest absolute Gasteiger partial charge is 0.290 e. The third-order valence-corrected chi connectivity index (χ3v) is 1.59. The molecule has 0 heterocycles. The van der Waals surface area contributed by atoms with E-state index in [0.29, 0.717) is 10.5 Å². The lowest BCUT2D eigenvalue weighted by Crippen LogP contribution is -2.56. The molecule has 3 N–H and O–H groups in total. The molecule has 0 radical (unpaired) electrons. The molecule has 0 aliphatic heterocycles. The third kappa shape index (κ3) is 1.37. The Bertz CT molecular complexity index is 260. The number of rotatable bonds is 1. The Balaban J connectivity index is 3.15. The normalized spacial score (nSPS) is 9.40. The number of quaternary nitrogens is 1. The minimum Gasteiger partial charge on any atom is -0.290 e. The maximum Gasteiger partial charge on any atom is 0.342 e. The van der Waals surface area contributed by atoms with Crippen LogP contribution in [0.25, 0.3) is 0 Å². The van der Waals surface area contributed by atoms with E-state index in [1.165, 1.54) is 0 Å². The summed E-state index contributed by atoms with van der Waals surface area (Å²) in [6.45, 7) is 0. The molecule has 0 aliphatic rings. The molecule has 1 amide bonds. The highest BCUT2D eigenvalue weighted by atomic mass is 32.1. The minimum atomic E-state index is -0.189. The number of benzene rings is 1. The van der Waals surface area contributed by atoms with Crippen LogP contribution in [-0.2, 0) is 0 Å². The zero-order valence-corrected chi connectivity index (χ0v) is 6.27. The lowest BCUT2D eigenvalue weighted by Gasteiger charge is -1.93. The summed E-state index contributed by atoms with van der Waals surface area (Å²) in [5.41, 5.74) is 3.86. The second-order valence-electron chi connectivity index (χ2n) is 1.94. The summed E-state index contributed by atoms with van der Waals surface area (Å²) in [6, 6.07) is 7.09. The highest BCUT2D eigenvalue weighted by Gasteiger charge is 2.05. The molecule has 1 rings (SSSR count). The second kappa shape index (κ2) is 2.86. The van der Waals surface area contributed by atoms with Gasteiger partial charge in [0.15, 0.2) is 0 Å². The predicted octanol–water partition coefficient (Wildman–Crippen LogP) is 0.357. The van der Waals surface area contributed by atoms with E-state index < -0.39 is 0 Å². The van der Waals surface area contributed by atoms with Crippen LogP contribution in [0, 0.1) is 0 Å². The molecule has 3 heteroatoms. The average molecular weight is 154 g/mol. The van der Waals surface area contributed by atoms with Gasteiger partial charge < -0.3 is 0 Å². The van der Waals surface area contributed by atoms with Gasteiger partial charge in [0, 0.05) is 4.90 Å². The van der Waals surface area contributed by atoms with E-state index in [-0.39, 0.29) is 5.91 Å². The highest BCUT2D eigenvalue weighted by molar-refractivity contribution is 7.80. The Morgan fingerprint density at radius 2 is 2.00 bits per heavy atom. The SMILES string of the molecule is [NH3+]C(=O)c1ccccc1S. The zero-order chi connectivity index (χ0) is 7.56. The van der Waals surface area contributed by atoms with Crippen LogP contribution in [-0.4, -0.2) is 5.91 Å². The molecule has 0 unspecified atom stereocenters. The summed E-state index contributed by atoms with van der Waals surface area (Å²) in [4.78, 5) is 11.4. The maximum absolute atomic E-state index is 10.7. The van der Waals surface area contributed by atoms with Crippen LogP contribution in [0.4, 0.5) is 0 Å². The van der Waals surface area contributed by atoms with Crippen molar-refractivity contribution in [3.63, 3.8) is 0 Å². The van der Waals surface area contributed by atoms with Crippen molar-refractivity contribution in [1.29, 1.82) is 0 Å². The van der Waals surface area contributed by atoms with Crippen LogP contribution in [0.5, 0.6) is 0 Å². The average Bonchev–Trinajstić information content (AvgIpc) is 1.88. The largest absolute Gasteiger partial charge is 0.342 e. The summed E-state index contributed by atoms with van der Waals surface area (Å²) >= 11 is 4.08. The van der Waals surface area contributed by atoms with Gasteiger partial charge in [0.25, 0.3) is 0 Å². The van der Waals surface area contributed by atoms with E-state index in [0.717, 1.165) is 0 Å². The first-order chi connectivity index (χ1) is 4.72. The van der Waals surface area contributed by atoms with E-state index >= 15 is 0 Å². The van der Waals surface area contributed by atoms with Gasteiger partial charge in [-0.05, 0) is 12.1 Å². The minimum absolute atomic E-state index is 0.189. The van der Waals surface area contributed by atoms with Gasteiger partial charge in [0.1, 0.15) is 0 Å². The summed E-state index contributed by atoms with van der Waals surface area (Å²) in [7, 11) is 0. The highest BCUT2D eigenvalue weighted by Crippen LogP contribution is 2.10. The monoisotopic (exact) mass is 154 g/mol. The fraction of sp³-hybridized carbons (Fsp3) is 0. The van der Waals surface area contributed by atoms with Gasteiger partial charge in [-0.1, -0.05) is 12.1 Å². The Kier molecular flexibility index (Phi) is 2.09. The van der Waals surface area contributed by atoms with Gasteiger partial charge in [-0.25, -0.2) is 4.79 Å². The molecular formula is C7H8NOS+. The first-order valence-corrected chi connectivity index (χ1v) is 3.31. The Hall–Kier alpha value is -0.800. The zero-order valence-electron chi connectivity index (χ0n) is 5.37. The van der Waals surface area contributed by atoms with Gasteiger partial charge in [-0.2, -0.15) is 0 Å². The number of hydrogen-bond acceptors (Lipinski definition) is 2. The van der Waals surface area contributed by atoms with Crippen molar-refractivity contribution in [2.75, 3.05) is 0 Å². The first-order valence-electron chi connectivity index (χ1n) is 2.86. The predicted molar refractivity (Wildman–Crippen MR) is 40.9 cm³/mol. The summed E-state index contributed by atoms with van der Waals surface area (Å²) in [5, 5.41) is 0. The van der Waals surface area contributed by atoms with Crippen molar-refractivity contribution in [2.24, 2.45) is 0 Å². The van der Waals surface area contributed by atoms with Crippen molar-refractivity contribution in [2.45, 2.75) is 4.90 Å². The standard InChI is InChI=1S/C7H7NOS/c8-7(9)5-3-1-2-4-6(5)10/h1-4,10H,(H2,8,9)/p+1. The number of hydrogen-bond donors (Lipinski definition) is 2. The van der Waals surface area contributed by atoms with Crippen molar-refractivity contribution < 1.29 is 10.5 Å². The van der Waals surface area contributed by atoms with Crippen molar-refractivity contribution in [3.8, 4) is 0 Å². The van der Waals surface area contributed by atoms with Crippen LogP contribution in [0.3, 0.4) is 0 Å². The van der Waals surface area contributed by atoms with E-state index in [1.54, 1.807) is 18.2 Å². The number of carbonyl (C=O) groups is 1. The van der Waals surface area contributed by atoms with Crippen molar-refractivity contribution in [1.82, 2.24) is 0 Å². The fourth-order valence-corrected chi connectivity index (χ4v) is 0.995. The quantitative estimate of drug-likeness (QED) is 0.563. The fourth-order valence-electron chi connectivity index (χ4n) is 0.709. The molecule has 0 saturated heterocycles. The lowest BCUT2D eigenvalue weighted by molar-refractivity contribution is -0.255. The summed E-state index contributed by atoms with van der Waals surface area (Å²) in [6.07, 6.45) is 0. The maximum atomic E-state index is 10.7. The molecule has 0 aliphatic carbocycles.